The fraction of sp³-hybridized carbons (Fsp3) is 0.571. The number of carbonyl (C=O) groups excluding carboxylic acids is 3. The van der Waals surface area contributed by atoms with Crippen molar-refractivity contribution in [3.8, 4) is 0 Å². The molecule has 0 bridgehead atoms. The molecule has 1 aromatic carbocycles. The lowest BCUT2D eigenvalue weighted by Gasteiger charge is -2.22. The molecule has 156 valence electrons. The molecular formula is C21H27ClN4O3. The van der Waals surface area contributed by atoms with Crippen LogP contribution in [0.15, 0.2) is 18.2 Å². The van der Waals surface area contributed by atoms with Crippen molar-refractivity contribution in [2.75, 3.05) is 29.9 Å². The predicted octanol–water partition coefficient (Wildman–Crippen LogP) is 3.52. The molecule has 0 unspecified atom stereocenters. The van der Waals surface area contributed by atoms with Gasteiger partial charge in [-0.2, -0.15) is 0 Å². The van der Waals surface area contributed by atoms with Crippen LogP contribution in [0.4, 0.5) is 16.2 Å². The van der Waals surface area contributed by atoms with Crippen LogP contribution in [-0.4, -0.2) is 47.9 Å². The molecule has 1 spiro atoms. The van der Waals surface area contributed by atoms with Gasteiger partial charge in [-0.15, -0.1) is 0 Å². The molecular weight excluding hydrogens is 392 g/mol. The van der Waals surface area contributed by atoms with E-state index in [9.17, 15) is 14.4 Å². The average Bonchev–Trinajstić information content (AvgIpc) is 3.41. The van der Waals surface area contributed by atoms with Crippen molar-refractivity contribution in [3.05, 3.63) is 23.2 Å². The monoisotopic (exact) mass is 418 g/mol. The minimum Gasteiger partial charge on any atom is -0.370 e. The van der Waals surface area contributed by atoms with Gasteiger partial charge in [0, 0.05) is 31.1 Å². The molecule has 2 aliphatic heterocycles. The summed E-state index contributed by atoms with van der Waals surface area (Å²) in [5, 5.41) is 6.40. The number of hydrogen-bond donors (Lipinski definition) is 2. The Balaban J connectivity index is 1.32. The van der Waals surface area contributed by atoms with Crippen LogP contribution >= 0.6 is 11.6 Å². The van der Waals surface area contributed by atoms with E-state index >= 15 is 0 Å². The number of urea groups is 1. The highest BCUT2D eigenvalue weighted by molar-refractivity contribution is 6.31. The van der Waals surface area contributed by atoms with E-state index < -0.39 is 5.54 Å². The van der Waals surface area contributed by atoms with Gasteiger partial charge in [0.15, 0.2) is 0 Å². The molecule has 2 N–H and O–H groups in total. The van der Waals surface area contributed by atoms with Crippen LogP contribution in [0.2, 0.25) is 5.02 Å². The summed E-state index contributed by atoms with van der Waals surface area (Å²) in [4.78, 5) is 40.9. The first-order valence-electron chi connectivity index (χ1n) is 10.5. The summed E-state index contributed by atoms with van der Waals surface area (Å²) in [5.41, 5.74) is 1.01. The summed E-state index contributed by atoms with van der Waals surface area (Å²) in [6.07, 6.45) is 6.29. The van der Waals surface area contributed by atoms with Gasteiger partial charge >= 0.3 is 6.03 Å². The van der Waals surface area contributed by atoms with E-state index in [1.54, 1.807) is 6.07 Å². The second kappa shape index (κ2) is 8.22. The fourth-order valence-electron chi connectivity index (χ4n) is 4.65. The van der Waals surface area contributed by atoms with Crippen molar-refractivity contribution in [2.24, 2.45) is 0 Å². The van der Waals surface area contributed by atoms with Gasteiger partial charge in [0.25, 0.3) is 5.91 Å². The second-order valence-corrected chi connectivity index (χ2v) is 8.62. The van der Waals surface area contributed by atoms with Gasteiger partial charge in [-0.25, -0.2) is 4.79 Å². The zero-order chi connectivity index (χ0) is 20.4. The van der Waals surface area contributed by atoms with E-state index in [0.29, 0.717) is 30.0 Å². The minimum absolute atomic E-state index is 0.133. The number of anilines is 2. The molecule has 4 amide bonds. The van der Waals surface area contributed by atoms with E-state index in [1.807, 2.05) is 12.1 Å². The highest BCUT2D eigenvalue weighted by Gasteiger charge is 2.52. The molecule has 0 aromatic heterocycles. The molecule has 2 saturated heterocycles. The standard InChI is InChI=1S/C21H27ClN4O3/c22-15-7-8-17(25-11-3-4-12-25)16(14-15)23-18(27)6-5-13-26-19(28)21(24-20(26)29)9-1-2-10-21/h7-8,14H,1-6,9-13H2,(H,23,27)(H,24,29). The topological polar surface area (TPSA) is 81.8 Å². The zero-order valence-corrected chi connectivity index (χ0v) is 17.3. The summed E-state index contributed by atoms with van der Waals surface area (Å²) in [6.45, 7) is 2.20. The SMILES string of the molecule is O=C(CCCN1C(=O)NC2(CCCC2)C1=O)Nc1cc(Cl)ccc1N1CCCC1. The van der Waals surface area contributed by atoms with Gasteiger partial charge in [0.2, 0.25) is 5.91 Å². The summed E-state index contributed by atoms with van der Waals surface area (Å²) >= 11 is 6.13. The van der Waals surface area contributed by atoms with Gasteiger partial charge in [-0.05, 0) is 50.3 Å². The molecule has 3 aliphatic rings. The van der Waals surface area contributed by atoms with Gasteiger partial charge in [-0.3, -0.25) is 14.5 Å². The quantitative estimate of drug-likeness (QED) is 0.692. The second-order valence-electron chi connectivity index (χ2n) is 8.18. The average molecular weight is 419 g/mol. The summed E-state index contributed by atoms with van der Waals surface area (Å²) in [6, 6.07) is 5.22. The zero-order valence-electron chi connectivity index (χ0n) is 16.5. The van der Waals surface area contributed by atoms with Gasteiger partial charge < -0.3 is 15.5 Å². The number of halogens is 1. The van der Waals surface area contributed by atoms with Crippen molar-refractivity contribution in [3.63, 3.8) is 0 Å². The van der Waals surface area contributed by atoms with Crippen molar-refractivity contribution in [1.82, 2.24) is 10.2 Å². The Morgan fingerprint density at radius 1 is 1.14 bits per heavy atom. The lowest BCUT2D eigenvalue weighted by molar-refractivity contribution is -0.131. The Morgan fingerprint density at radius 2 is 1.86 bits per heavy atom. The first kappa shape index (κ1) is 20.0. The molecule has 8 heteroatoms. The Morgan fingerprint density at radius 3 is 2.59 bits per heavy atom. The third-order valence-corrected chi connectivity index (χ3v) is 6.40. The maximum absolute atomic E-state index is 12.7. The van der Waals surface area contributed by atoms with Crippen LogP contribution in [0.1, 0.15) is 51.4 Å². The maximum atomic E-state index is 12.7. The van der Waals surface area contributed by atoms with Crippen molar-refractivity contribution < 1.29 is 14.4 Å². The number of amides is 4. The highest BCUT2D eigenvalue weighted by atomic mass is 35.5. The number of benzene rings is 1. The largest absolute Gasteiger partial charge is 0.370 e. The van der Waals surface area contributed by atoms with E-state index in [0.717, 1.165) is 44.5 Å². The maximum Gasteiger partial charge on any atom is 0.325 e. The van der Waals surface area contributed by atoms with E-state index in [2.05, 4.69) is 15.5 Å². The first-order valence-corrected chi connectivity index (χ1v) is 10.8. The van der Waals surface area contributed by atoms with E-state index in [1.165, 1.54) is 4.90 Å². The molecule has 1 aliphatic carbocycles. The highest BCUT2D eigenvalue weighted by Crippen LogP contribution is 2.35. The van der Waals surface area contributed by atoms with Crippen LogP contribution in [-0.2, 0) is 9.59 Å². The molecule has 29 heavy (non-hydrogen) atoms. The predicted molar refractivity (Wildman–Crippen MR) is 112 cm³/mol. The number of nitrogens with zero attached hydrogens (tertiary/aromatic N) is 2. The molecule has 1 saturated carbocycles. The molecule has 7 nitrogen and oxygen atoms in total. The summed E-state index contributed by atoms with van der Waals surface area (Å²) < 4.78 is 0. The molecule has 4 rings (SSSR count). The number of hydrogen-bond acceptors (Lipinski definition) is 4. The van der Waals surface area contributed by atoms with E-state index in [-0.39, 0.29) is 30.8 Å². The number of nitrogens with one attached hydrogen (secondary N) is 2. The Labute approximate surface area is 175 Å². The fourth-order valence-corrected chi connectivity index (χ4v) is 4.82. The molecule has 2 heterocycles. The minimum atomic E-state index is -0.690. The number of carbonyl (C=O) groups is 3. The molecule has 1 aromatic rings. The number of rotatable bonds is 6. The smallest absolute Gasteiger partial charge is 0.325 e. The van der Waals surface area contributed by atoms with Crippen LogP contribution in [0, 0.1) is 0 Å². The van der Waals surface area contributed by atoms with Crippen molar-refractivity contribution >= 4 is 40.8 Å². The summed E-state index contributed by atoms with van der Waals surface area (Å²) in [5.74, 6) is -0.276. The van der Waals surface area contributed by atoms with Crippen molar-refractivity contribution in [2.45, 2.75) is 56.9 Å². The normalized spacial score (nSPS) is 20.6. The van der Waals surface area contributed by atoms with Gasteiger partial charge in [0.05, 0.1) is 11.4 Å². The van der Waals surface area contributed by atoms with Crippen LogP contribution in [0.5, 0.6) is 0 Å². The third kappa shape index (κ3) is 4.06. The van der Waals surface area contributed by atoms with E-state index in [4.69, 9.17) is 11.6 Å². The lowest BCUT2D eigenvalue weighted by atomic mass is 9.98. The van der Waals surface area contributed by atoms with Crippen LogP contribution in [0.25, 0.3) is 0 Å². The van der Waals surface area contributed by atoms with Crippen LogP contribution in [0.3, 0.4) is 0 Å². The Kier molecular flexibility index (Phi) is 5.67. The number of imide groups is 1. The molecule has 3 fully saturated rings. The summed E-state index contributed by atoms with van der Waals surface area (Å²) in [7, 11) is 0. The third-order valence-electron chi connectivity index (χ3n) is 6.17. The van der Waals surface area contributed by atoms with Crippen LogP contribution < -0.4 is 15.5 Å². The van der Waals surface area contributed by atoms with Crippen molar-refractivity contribution in [1.29, 1.82) is 0 Å². The Hall–Kier alpha value is -2.28. The van der Waals surface area contributed by atoms with Gasteiger partial charge in [-0.1, -0.05) is 24.4 Å². The lowest BCUT2D eigenvalue weighted by Crippen LogP contribution is -2.44. The molecule has 0 radical (unpaired) electrons. The van der Waals surface area contributed by atoms with Gasteiger partial charge in [0.1, 0.15) is 5.54 Å². The molecule has 0 atom stereocenters. The first-order chi connectivity index (χ1) is 14.0. The Bertz CT molecular complexity index is 816.